The number of carbonyl (C=O) groups excluding carboxylic acids is 1. The molecule has 1 saturated heterocycles. The molecule has 22 heavy (non-hydrogen) atoms. The minimum absolute atomic E-state index is 0.0534. The van der Waals surface area contributed by atoms with Crippen LogP contribution < -0.4 is 4.74 Å². The number of hydrogen-bond donors (Lipinski definition) is 0. The van der Waals surface area contributed by atoms with E-state index in [0.717, 1.165) is 25.1 Å². The zero-order valence-corrected chi connectivity index (χ0v) is 12.6. The molecule has 1 aromatic heterocycles. The second-order valence-corrected chi connectivity index (χ2v) is 5.46. The third kappa shape index (κ3) is 3.08. The largest absolute Gasteiger partial charge is 0.497 e. The summed E-state index contributed by atoms with van der Waals surface area (Å²) < 4.78 is 5.20. The lowest BCUT2D eigenvalue weighted by Gasteiger charge is -2.32. The van der Waals surface area contributed by atoms with Crippen molar-refractivity contribution in [1.29, 1.82) is 0 Å². The number of likely N-dealkylation sites (tertiary alicyclic amines) is 1. The van der Waals surface area contributed by atoms with Crippen LogP contribution in [-0.4, -0.2) is 41.0 Å². The summed E-state index contributed by atoms with van der Waals surface area (Å²) in [5.74, 6) is 1.04. The normalized spacial score (nSPS) is 18.0. The Morgan fingerprint density at radius 3 is 3.05 bits per heavy atom. The van der Waals surface area contributed by atoms with Crippen molar-refractivity contribution >= 4 is 5.91 Å². The molecule has 0 unspecified atom stereocenters. The summed E-state index contributed by atoms with van der Waals surface area (Å²) in [5, 5.41) is 0. The fourth-order valence-electron chi connectivity index (χ4n) is 2.88. The Balaban J connectivity index is 1.75. The van der Waals surface area contributed by atoms with Crippen molar-refractivity contribution in [1.82, 2.24) is 14.9 Å². The first-order valence-electron chi connectivity index (χ1n) is 7.47. The summed E-state index contributed by atoms with van der Waals surface area (Å²) in [4.78, 5) is 22.9. The van der Waals surface area contributed by atoms with Crippen molar-refractivity contribution in [3.63, 3.8) is 0 Å². The summed E-state index contributed by atoms with van der Waals surface area (Å²) >= 11 is 0. The number of methoxy groups -OCH3 is 1. The van der Waals surface area contributed by atoms with Crippen molar-refractivity contribution in [2.75, 3.05) is 20.2 Å². The molecule has 5 nitrogen and oxygen atoms in total. The Morgan fingerprint density at radius 1 is 1.36 bits per heavy atom. The number of nitrogens with zero attached hydrogens (tertiary/aromatic N) is 3. The van der Waals surface area contributed by atoms with E-state index < -0.39 is 0 Å². The molecule has 2 aromatic rings. The maximum Gasteiger partial charge on any atom is 0.254 e. The number of amides is 1. The summed E-state index contributed by atoms with van der Waals surface area (Å²) in [7, 11) is 1.61. The summed E-state index contributed by atoms with van der Waals surface area (Å²) in [6.45, 7) is 1.49. The van der Waals surface area contributed by atoms with E-state index in [9.17, 15) is 4.79 Å². The number of aromatic nitrogens is 2. The van der Waals surface area contributed by atoms with Gasteiger partial charge in [-0.1, -0.05) is 6.07 Å². The van der Waals surface area contributed by atoms with Gasteiger partial charge >= 0.3 is 0 Å². The van der Waals surface area contributed by atoms with Gasteiger partial charge in [0, 0.05) is 36.5 Å². The number of benzene rings is 1. The first-order chi connectivity index (χ1) is 10.8. The maximum absolute atomic E-state index is 12.7. The van der Waals surface area contributed by atoms with E-state index in [2.05, 4.69) is 9.97 Å². The highest BCUT2D eigenvalue weighted by Gasteiger charge is 2.26. The van der Waals surface area contributed by atoms with Crippen LogP contribution in [0.4, 0.5) is 0 Å². The third-order valence-electron chi connectivity index (χ3n) is 4.05. The molecule has 0 spiro atoms. The van der Waals surface area contributed by atoms with Crippen molar-refractivity contribution < 1.29 is 9.53 Å². The highest BCUT2D eigenvalue weighted by atomic mass is 16.5. The fraction of sp³-hybridized carbons (Fsp3) is 0.353. The van der Waals surface area contributed by atoms with E-state index in [1.807, 2.05) is 29.2 Å². The monoisotopic (exact) mass is 297 g/mol. The number of piperidine rings is 1. The Labute approximate surface area is 130 Å². The van der Waals surface area contributed by atoms with Gasteiger partial charge in [0.05, 0.1) is 7.11 Å². The van der Waals surface area contributed by atoms with E-state index in [1.54, 1.807) is 25.7 Å². The fourth-order valence-corrected chi connectivity index (χ4v) is 2.88. The van der Waals surface area contributed by atoms with E-state index in [0.29, 0.717) is 17.9 Å². The molecule has 1 aromatic carbocycles. The lowest BCUT2D eigenvalue weighted by atomic mass is 9.94. The SMILES string of the molecule is COc1cccc(C(=O)N2CCC[C@@H](c3ccncn3)C2)c1. The van der Waals surface area contributed by atoms with Crippen LogP contribution in [0, 0.1) is 0 Å². The number of hydrogen-bond acceptors (Lipinski definition) is 4. The van der Waals surface area contributed by atoms with Crippen LogP contribution in [0.3, 0.4) is 0 Å². The van der Waals surface area contributed by atoms with Gasteiger partial charge in [-0.2, -0.15) is 0 Å². The van der Waals surface area contributed by atoms with E-state index >= 15 is 0 Å². The Kier molecular flexibility index (Phi) is 4.32. The highest BCUT2D eigenvalue weighted by Crippen LogP contribution is 2.26. The van der Waals surface area contributed by atoms with Gasteiger partial charge in [-0.05, 0) is 37.1 Å². The van der Waals surface area contributed by atoms with Crippen LogP contribution in [0.2, 0.25) is 0 Å². The second-order valence-electron chi connectivity index (χ2n) is 5.46. The second kappa shape index (κ2) is 6.56. The van der Waals surface area contributed by atoms with Gasteiger partial charge in [-0.25, -0.2) is 9.97 Å². The number of carbonyl (C=O) groups is 1. The Morgan fingerprint density at radius 2 is 2.27 bits per heavy atom. The standard InChI is InChI=1S/C17H19N3O2/c1-22-15-6-2-4-13(10-15)17(21)20-9-3-5-14(11-20)16-7-8-18-12-19-16/h2,4,6-8,10,12,14H,3,5,9,11H2,1H3/t14-/m1/s1. The summed E-state index contributed by atoms with van der Waals surface area (Å²) in [6, 6.07) is 9.24. The van der Waals surface area contributed by atoms with Gasteiger partial charge in [0.25, 0.3) is 5.91 Å². The first-order valence-corrected chi connectivity index (χ1v) is 7.47. The minimum atomic E-state index is 0.0534. The molecule has 1 aliphatic heterocycles. The molecular formula is C17H19N3O2. The van der Waals surface area contributed by atoms with Gasteiger partial charge in [-0.15, -0.1) is 0 Å². The predicted octanol–water partition coefficient (Wildman–Crippen LogP) is 2.51. The first kappa shape index (κ1) is 14.5. The molecule has 0 N–H and O–H groups in total. The van der Waals surface area contributed by atoms with Crippen LogP contribution >= 0.6 is 0 Å². The van der Waals surface area contributed by atoms with Crippen LogP contribution in [0.5, 0.6) is 5.75 Å². The lowest BCUT2D eigenvalue weighted by molar-refractivity contribution is 0.0705. The van der Waals surface area contributed by atoms with Gasteiger partial charge in [0.1, 0.15) is 12.1 Å². The summed E-state index contributed by atoms with van der Waals surface area (Å²) in [5.41, 5.74) is 1.68. The van der Waals surface area contributed by atoms with E-state index in [-0.39, 0.29) is 11.8 Å². The quantitative estimate of drug-likeness (QED) is 0.873. The van der Waals surface area contributed by atoms with Gasteiger partial charge in [-0.3, -0.25) is 4.79 Å². The average molecular weight is 297 g/mol. The number of rotatable bonds is 3. The molecule has 1 amide bonds. The number of ether oxygens (including phenoxy) is 1. The molecule has 1 aliphatic rings. The van der Waals surface area contributed by atoms with Crippen molar-refractivity contribution in [2.45, 2.75) is 18.8 Å². The van der Waals surface area contributed by atoms with Crippen molar-refractivity contribution in [2.24, 2.45) is 0 Å². The molecule has 5 heteroatoms. The van der Waals surface area contributed by atoms with Crippen LogP contribution in [0.1, 0.15) is 34.8 Å². The smallest absolute Gasteiger partial charge is 0.254 e. The Bertz CT molecular complexity index is 645. The van der Waals surface area contributed by atoms with E-state index in [4.69, 9.17) is 4.74 Å². The maximum atomic E-state index is 12.7. The molecule has 0 radical (unpaired) electrons. The average Bonchev–Trinajstić information content (AvgIpc) is 2.62. The Hall–Kier alpha value is -2.43. The van der Waals surface area contributed by atoms with Gasteiger partial charge in [0.2, 0.25) is 0 Å². The topological polar surface area (TPSA) is 55.3 Å². The van der Waals surface area contributed by atoms with Crippen LogP contribution in [0.15, 0.2) is 42.9 Å². The zero-order valence-electron chi connectivity index (χ0n) is 12.6. The van der Waals surface area contributed by atoms with Crippen LogP contribution in [-0.2, 0) is 0 Å². The molecule has 0 aliphatic carbocycles. The molecule has 0 saturated carbocycles. The molecule has 1 fully saturated rings. The van der Waals surface area contributed by atoms with E-state index in [1.165, 1.54) is 0 Å². The van der Waals surface area contributed by atoms with Crippen molar-refractivity contribution in [3.8, 4) is 5.75 Å². The third-order valence-corrected chi connectivity index (χ3v) is 4.05. The molecule has 114 valence electrons. The molecule has 3 rings (SSSR count). The minimum Gasteiger partial charge on any atom is -0.497 e. The van der Waals surface area contributed by atoms with Crippen LogP contribution in [0.25, 0.3) is 0 Å². The molecule has 0 bridgehead atoms. The summed E-state index contributed by atoms with van der Waals surface area (Å²) in [6.07, 6.45) is 5.37. The van der Waals surface area contributed by atoms with Crippen molar-refractivity contribution in [3.05, 3.63) is 54.1 Å². The van der Waals surface area contributed by atoms with Gasteiger partial charge in [0.15, 0.2) is 0 Å². The zero-order chi connectivity index (χ0) is 15.4. The predicted molar refractivity (Wildman–Crippen MR) is 82.9 cm³/mol. The lowest BCUT2D eigenvalue weighted by Crippen LogP contribution is -2.39. The molecular weight excluding hydrogens is 278 g/mol. The molecule has 2 heterocycles. The highest BCUT2D eigenvalue weighted by molar-refractivity contribution is 5.94. The molecule has 1 atom stereocenters. The van der Waals surface area contributed by atoms with Gasteiger partial charge < -0.3 is 9.64 Å².